The first-order chi connectivity index (χ1) is 10.9. The molecule has 23 heavy (non-hydrogen) atoms. The van der Waals surface area contributed by atoms with Crippen LogP contribution < -0.4 is 0 Å². The van der Waals surface area contributed by atoms with Gasteiger partial charge in [0.1, 0.15) is 5.56 Å². The van der Waals surface area contributed by atoms with Gasteiger partial charge in [-0.25, -0.2) is 4.79 Å². The Kier molecular flexibility index (Phi) is 5.31. The van der Waals surface area contributed by atoms with Crippen molar-refractivity contribution in [2.45, 2.75) is 26.7 Å². The molecule has 0 radical (unpaired) electrons. The number of nitro benzene ring substituents is 1. The van der Waals surface area contributed by atoms with Crippen LogP contribution in [0.5, 0.6) is 0 Å². The second-order valence-corrected chi connectivity index (χ2v) is 5.89. The quantitative estimate of drug-likeness (QED) is 0.482. The molecule has 1 fully saturated rings. The van der Waals surface area contributed by atoms with Gasteiger partial charge in [-0.15, -0.1) is 0 Å². The molecule has 1 amide bonds. The molecule has 1 atom stereocenters. The first kappa shape index (κ1) is 16.9. The molecule has 0 spiro atoms. The fourth-order valence-electron chi connectivity index (χ4n) is 2.78. The average molecular weight is 320 g/mol. The summed E-state index contributed by atoms with van der Waals surface area (Å²) in [5.41, 5.74) is -0.0352. The molecule has 7 nitrogen and oxygen atoms in total. The predicted molar refractivity (Wildman–Crippen MR) is 83.1 cm³/mol. The van der Waals surface area contributed by atoms with Gasteiger partial charge < -0.3 is 9.64 Å². The minimum atomic E-state index is -0.848. The van der Waals surface area contributed by atoms with Crippen molar-refractivity contribution in [1.29, 1.82) is 0 Å². The number of benzene rings is 1. The summed E-state index contributed by atoms with van der Waals surface area (Å²) in [5.74, 6) is -0.680. The number of likely N-dealkylation sites (tertiary alicyclic amines) is 1. The standard InChI is InChI=1S/C16H20N2O5/c1-11-5-4-8-17(9-11)14(19)10-23-16(20)13-7-3-6-12(2)15(13)18(21)22/h3,6-7,11H,4-5,8-10H2,1-2H3/t11-/m0/s1. The first-order valence-electron chi connectivity index (χ1n) is 7.59. The SMILES string of the molecule is Cc1cccc(C(=O)OCC(=O)N2CCC[C@H](C)C2)c1[N+](=O)[O-]. The number of esters is 1. The van der Waals surface area contributed by atoms with Crippen LogP contribution in [0.4, 0.5) is 5.69 Å². The number of nitro groups is 1. The smallest absolute Gasteiger partial charge is 0.345 e. The topological polar surface area (TPSA) is 89.8 Å². The molecular weight excluding hydrogens is 300 g/mol. The molecular formula is C16H20N2O5. The Morgan fingerprint density at radius 1 is 1.43 bits per heavy atom. The number of piperidine rings is 1. The van der Waals surface area contributed by atoms with Crippen LogP contribution in [0.2, 0.25) is 0 Å². The Labute approximate surface area is 134 Å². The lowest BCUT2D eigenvalue weighted by molar-refractivity contribution is -0.385. The third-order valence-electron chi connectivity index (χ3n) is 3.98. The monoisotopic (exact) mass is 320 g/mol. The summed E-state index contributed by atoms with van der Waals surface area (Å²) < 4.78 is 4.99. The van der Waals surface area contributed by atoms with Gasteiger partial charge in [0.05, 0.1) is 4.92 Å². The molecule has 1 aliphatic heterocycles. The zero-order chi connectivity index (χ0) is 17.0. The van der Waals surface area contributed by atoms with Crippen molar-refractivity contribution in [1.82, 2.24) is 4.90 Å². The van der Waals surface area contributed by atoms with Gasteiger partial charge in [0.25, 0.3) is 11.6 Å². The van der Waals surface area contributed by atoms with Gasteiger partial charge >= 0.3 is 5.97 Å². The summed E-state index contributed by atoms with van der Waals surface area (Å²) in [5, 5.41) is 11.1. The Balaban J connectivity index is 2.01. The Hall–Kier alpha value is -2.44. The van der Waals surface area contributed by atoms with E-state index in [9.17, 15) is 19.7 Å². The number of aryl methyl sites for hydroxylation is 1. The van der Waals surface area contributed by atoms with Crippen LogP contribution in [0.15, 0.2) is 18.2 Å². The van der Waals surface area contributed by atoms with E-state index in [0.717, 1.165) is 12.8 Å². The number of para-hydroxylation sites is 1. The highest BCUT2D eigenvalue weighted by Gasteiger charge is 2.26. The molecule has 1 aliphatic rings. The van der Waals surface area contributed by atoms with E-state index >= 15 is 0 Å². The number of rotatable bonds is 4. The van der Waals surface area contributed by atoms with Crippen LogP contribution >= 0.6 is 0 Å². The summed E-state index contributed by atoms with van der Waals surface area (Å²) >= 11 is 0. The summed E-state index contributed by atoms with van der Waals surface area (Å²) in [6, 6.07) is 4.43. The highest BCUT2D eigenvalue weighted by atomic mass is 16.6. The largest absolute Gasteiger partial charge is 0.452 e. The number of amides is 1. The number of carbonyl (C=O) groups is 2. The lowest BCUT2D eigenvalue weighted by atomic mass is 10.0. The third kappa shape index (κ3) is 4.06. The second kappa shape index (κ2) is 7.21. The summed E-state index contributed by atoms with van der Waals surface area (Å²) in [7, 11) is 0. The highest BCUT2D eigenvalue weighted by Crippen LogP contribution is 2.23. The zero-order valence-electron chi connectivity index (χ0n) is 13.3. The Morgan fingerprint density at radius 2 is 2.17 bits per heavy atom. The lowest BCUT2D eigenvalue weighted by Gasteiger charge is -2.30. The molecule has 7 heteroatoms. The van der Waals surface area contributed by atoms with E-state index in [1.807, 2.05) is 0 Å². The number of carbonyl (C=O) groups excluding carboxylic acids is 2. The zero-order valence-corrected chi connectivity index (χ0v) is 13.3. The van der Waals surface area contributed by atoms with E-state index in [2.05, 4.69) is 6.92 Å². The molecule has 0 bridgehead atoms. The number of hydrogen-bond donors (Lipinski definition) is 0. The summed E-state index contributed by atoms with van der Waals surface area (Å²) in [6.07, 6.45) is 2.02. The van der Waals surface area contributed by atoms with Crippen molar-refractivity contribution in [3.63, 3.8) is 0 Å². The predicted octanol–water partition coefficient (Wildman–Crippen LogP) is 2.32. The van der Waals surface area contributed by atoms with Crippen LogP contribution in [-0.2, 0) is 9.53 Å². The van der Waals surface area contributed by atoms with Gasteiger partial charge in [0.15, 0.2) is 6.61 Å². The van der Waals surface area contributed by atoms with Crippen molar-refractivity contribution in [3.8, 4) is 0 Å². The minimum absolute atomic E-state index is 0.130. The molecule has 1 heterocycles. The molecule has 1 aromatic carbocycles. The van der Waals surface area contributed by atoms with Crippen LogP contribution in [0.25, 0.3) is 0 Å². The Bertz CT molecular complexity index is 629. The van der Waals surface area contributed by atoms with Gasteiger partial charge in [0.2, 0.25) is 0 Å². The summed E-state index contributed by atoms with van der Waals surface area (Å²) in [4.78, 5) is 36.3. The van der Waals surface area contributed by atoms with Gasteiger partial charge in [-0.1, -0.05) is 19.1 Å². The maximum atomic E-state index is 12.1. The molecule has 124 valence electrons. The fourth-order valence-corrected chi connectivity index (χ4v) is 2.78. The van der Waals surface area contributed by atoms with Gasteiger partial charge in [-0.3, -0.25) is 14.9 Å². The van der Waals surface area contributed by atoms with Crippen molar-refractivity contribution in [2.24, 2.45) is 5.92 Å². The van der Waals surface area contributed by atoms with E-state index in [-0.39, 0.29) is 17.2 Å². The molecule has 0 N–H and O–H groups in total. The first-order valence-corrected chi connectivity index (χ1v) is 7.59. The van der Waals surface area contributed by atoms with Gasteiger partial charge in [-0.05, 0) is 31.7 Å². The number of nitrogens with zero attached hydrogens (tertiary/aromatic N) is 2. The van der Waals surface area contributed by atoms with E-state index in [1.165, 1.54) is 6.07 Å². The molecule has 0 unspecified atom stereocenters. The van der Waals surface area contributed by atoms with E-state index in [0.29, 0.717) is 24.6 Å². The molecule has 2 rings (SSSR count). The summed E-state index contributed by atoms with van der Waals surface area (Å²) in [6.45, 7) is 4.54. The van der Waals surface area contributed by atoms with Crippen LogP contribution in [0.1, 0.15) is 35.7 Å². The van der Waals surface area contributed by atoms with Crippen molar-refractivity contribution < 1.29 is 19.2 Å². The lowest BCUT2D eigenvalue weighted by Crippen LogP contribution is -2.41. The highest BCUT2D eigenvalue weighted by molar-refractivity contribution is 5.95. The van der Waals surface area contributed by atoms with Crippen LogP contribution in [0.3, 0.4) is 0 Å². The molecule has 0 saturated carbocycles. The maximum Gasteiger partial charge on any atom is 0.345 e. The second-order valence-electron chi connectivity index (χ2n) is 5.89. The van der Waals surface area contributed by atoms with Crippen molar-refractivity contribution in [2.75, 3.05) is 19.7 Å². The van der Waals surface area contributed by atoms with E-state index in [1.54, 1.807) is 24.0 Å². The minimum Gasteiger partial charge on any atom is -0.452 e. The van der Waals surface area contributed by atoms with Gasteiger partial charge in [0, 0.05) is 18.7 Å². The van der Waals surface area contributed by atoms with Crippen molar-refractivity contribution in [3.05, 3.63) is 39.4 Å². The third-order valence-corrected chi connectivity index (χ3v) is 3.98. The van der Waals surface area contributed by atoms with Crippen molar-refractivity contribution >= 4 is 17.6 Å². The Morgan fingerprint density at radius 3 is 2.83 bits per heavy atom. The van der Waals surface area contributed by atoms with Gasteiger partial charge in [-0.2, -0.15) is 0 Å². The maximum absolute atomic E-state index is 12.1. The normalized spacial score (nSPS) is 17.7. The number of ether oxygens (including phenoxy) is 1. The fraction of sp³-hybridized carbons (Fsp3) is 0.500. The molecule has 0 aromatic heterocycles. The molecule has 1 saturated heterocycles. The molecule has 0 aliphatic carbocycles. The van der Waals surface area contributed by atoms with Crippen LogP contribution in [-0.4, -0.2) is 41.4 Å². The molecule has 1 aromatic rings. The average Bonchev–Trinajstić information content (AvgIpc) is 2.51. The van der Waals surface area contributed by atoms with E-state index in [4.69, 9.17) is 4.74 Å². The number of hydrogen-bond acceptors (Lipinski definition) is 5. The van der Waals surface area contributed by atoms with E-state index < -0.39 is 17.5 Å². The van der Waals surface area contributed by atoms with Crippen LogP contribution in [0, 0.1) is 23.0 Å².